The Bertz CT molecular complexity index is 232. The lowest BCUT2D eigenvalue weighted by atomic mass is 9.85. The van der Waals surface area contributed by atoms with Crippen LogP contribution in [0.3, 0.4) is 0 Å². The maximum atomic E-state index is 2.47. The average molecular weight is 176 g/mol. The summed E-state index contributed by atoms with van der Waals surface area (Å²) in [6.45, 7) is 2.32. The van der Waals surface area contributed by atoms with Crippen molar-refractivity contribution in [2.45, 2.75) is 51.9 Å². The summed E-state index contributed by atoms with van der Waals surface area (Å²) < 4.78 is 0. The zero-order chi connectivity index (χ0) is 9.10. The predicted octanol–water partition coefficient (Wildman–Crippen LogP) is 4.23. The Labute approximate surface area is 81.7 Å². The van der Waals surface area contributed by atoms with Gasteiger partial charge in [-0.2, -0.15) is 0 Å². The molecule has 0 aliphatic heterocycles. The molecule has 0 heteroatoms. The maximum absolute atomic E-state index is 2.47. The first-order valence-corrected chi connectivity index (χ1v) is 5.71. The van der Waals surface area contributed by atoms with Crippen molar-refractivity contribution in [1.29, 1.82) is 0 Å². The van der Waals surface area contributed by atoms with Crippen molar-refractivity contribution >= 4 is 0 Å². The van der Waals surface area contributed by atoms with E-state index in [9.17, 15) is 0 Å². The SMILES string of the molecule is CC1=CCC=C2CCCCCC1C2. The monoisotopic (exact) mass is 176 g/mol. The van der Waals surface area contributed by atoms with E-state index in [-0.39, 0.29) is 0 Å². The van der Waals surface area contributed by atoms with Crippen LogP contribution in [0.5, 0.6) is 0 Å². The Hall–Kier alpha value is -0.520. The summed E-state index contributed by atoms with van der Waals surface area (Å²) in [5.41, 5.74) is 3.38. The van der Waals surface area contributed by atoms with Crippen molar-refractivity contribution in [2.75, 3.05) is 0 Å². The summed E-state index contributed by atoms with van der Waals surface area (Å²) in [6, 6.07) is 0. The Morgan fingerprint density at radius 3 is 3.00 bits per heavy atom. The van der Waals surface area contributed by atoms with Crippen LogP contribution in [0, 0.1) is 5.92 Å². The van der Waals surface area contributed by atoms with Gasteiger partial charge >= 0.3 is 0 Å². The number of allylic oxidation sites excluding steroid dienone is 4. The fraction of sp³-hybridized carbons (Fsp3) is 0.692. The zero-order valence-electron chi connectivity index (χ0n) is 8.68. The molecule has 72 valence electrons. The van der Waals surface area contributed by atoms with E-state index in [1.54, 1.807) is 11.1 Å². The lowest BCUT2D eigenvalue weighted by Gasteiger charge is -2.21. The molecule has 1 unspecified atom stereocenters. The minimum absolute atomic E-state index is 0.883. The first-order valence-electron chi connectivity index (χ1n) is 5.71. The quantitative estimate of drug-likeness (QED) is 0.484. The van der Waals surface area contributed by atoms with Crippen LogP contribution in [0.1, 0.15) is 51.9 Å². The van der Waals surface area contributed by atoms with Gasteiger partial charge in [-0.15, -0.1) is 0 Å². The summed E-state index contributed by atoms with van der Waals surface area (Å²) >= 11 is 0. The van der Waals surface area contributed by atoms with Crippen LogP contribution in [0.4, 0.5) is 0 Å². The predicted molar refractivity (Wildman–Crippen MR) is 57.6 cm³/mol. The molecule has 0 heterocycles. The highest BCUT2D eigenvalue weighted by Crippen LogP contribution is 2.33. The van der Waals surface area contributed by atoms with Gasteiger partial charge < -0.3 is 0 Å². The molecule has 0 N–H and O–H groups in total. The van der Waals surface area contributed by atoms with E-state index in [1.165, 1.54) is 44.9 Å². The number of hydrogen-bond donors (Lipinski definition) is 0. The number of rotatable bonds is 0. The Balaban J connectivity index is 2.13. The summed E-state index contributed by atoms with van der Waals surface area (Å²) in [6.07, 6.45) is 14.6. The molecule has 1 fully saturated rings. The second-order valence-electron chi connectivity index (χ2n) is 4.55. The Morgan fingerprint density at radius 1 is 1.15 bits per heavy atom. The second-order valence-corrected chi connectivity index (χ2v) is 4.55. The van der Waals surface area contributed by atoms with Crippen LogP contribution in [0.15, 0.2) is 23.3 Å². The smallest absolute Gasteiger partial charge is 0.0164 e. The minimum atomic E-state index is 0.883. The second kappa shape index (κ2) is 4.13. The lowest BCUT2D eigenvalue weighted by molar-refractivity contribution is 0.475. The Morgan fingerprint density at radius 2 is 2.08 bits per heavy atom. The molecule has 0 radical (unpaired) electrons. The molecule has 0 aromatic heterocycles. The van der Waals surface area contributed by atoms with Crippen molar-refractivity contribution in [1.82, 2.24) is 0 Å². The highest BCUT2D eigenvalue weighted by Gasteiger charge is 2.16. The van der Waals surface area contributed by atoms with Crippen LogP contribution in [0.25, 0.3) is 0 Å². The van der Waals surface area contributed by atoms with Gasteiger partial charge in [-0.1, -0.05) is 36.1 Å². The van der Waals surface area contributed by atoms with Gasteiger partial charge in [0, 0.05) is 0 Å². The maximum Gasteiger partial charge on any atom is -0.0164 e. The summed E-state index contributed by atoms with van der Waals surface area (Å²) in [4.78, 5) is 0. The molecule has 0 aromatic rings. The molecule has 1 atom stereocenters. The average Bonchev–Trinajstić information content (AvgIpc) is 2.24. The van der Waals surface area contributed by atoms with Gasteiger partial charge in [0.15, 0.2) is 0 Å². The fourth-order valence-corrected chi connectivity index (χ4v) is 2.59. The van der Waals surface area contributed by atoms with E-state index in [2.05, 4.69) is 19.1 Å². The van der Waals surface area contributed by atoms with Crippen LogP contribution >= 0.6 is 0 Å². The fourth-order valence-electron chi connectivity index (χ4n) is 2.59. The van der Waals surface area contributed by atoms with Gasteiger partial charge in [0.2, 0.25) is 0 Å². The topological polar surface area (TPSA) is 0 Å². The Kier molecular flexibility index (Phi) is 2.87. The van der Waals surface area contributed by atoms with Crippen LogP contribution in [-0.2, 0) is 0 Å². The van der Waals surface area contributed by atoms with Gasteiger partial charge in [0.25, 0.3) is 0 Å². The molecule has 0 nitrogen and oxygen atoms in total. The highest BCUT2D eigenvalue weighted by molar-refractivity contribution is 5.18. The lowest BCUT2D eigenvalue weighted by Crippen LogP contribution is -2.05. The molecular weight excluding hydrogens is 156 g/mol. The first-order chi connectivity index (χ1) is 6.36. The van der Waals surface area contributed by atoms with E-state index < -0.39 is 0 Å². The van der Waals surface area contributed by atoms with Crippen LogP contribution in [0.2, 0.25) is 0 Å². The molecule has 0 amide bonds. The molecule has 13 heavy (non-hydrogen) atoms. The van der Waals surface area contributed by atoms with Crippen molar-refractivity contribution in [3.8, 4) is 0 Å². The molecule has 0 spiro atoms. The largest absolute Gasteiger partial charge is 0.0815 e. The van der Waals surface area contributed by atoms with Gasteiger partial charge in [0.05, 0.1) is 0 Å². The van der Waals surface area contributed by atoms with E-state index in [1.807, 2.05) is 0 Å². The first kappa shape index (κ1) is 9.05. The van der Waals surface area contributed by atoms with Crippen LogP contribution in [-0.4, -0.2) is 0 Å². The van der Waals surface area contributed by atoms with Crippen molar-refractivity contribution < 1.29 is 0 Å². The van der Waals surface area contributed by atoms with E-state index in [0.717, 1.165) is 5.92 Å². The van der Waals surface area contributed by atoms with E-state index in [4.69, 9.17) is 0 Å². The molecule has 1 saturated carbocycles. The molecule has 2 aliphatic carbocycles. The normalized spacial score (nSPS) is 29.5. The zero-order valence-corrected chi connectivity index (χ0v) is 8.68. The summed E-state index contributed by atoms with van der Waals surface area (Å²) in [5.74, 6) is 0.883. The number of fused-ring (bicyclic) bond motifs is 2. The standard InChI is InChI=1S/C13H20/c1-11-6-5-8-12-7-3-2-4-9-13(11)10-12/h6,8,13H,2-5,7,9-10H2,1H3. The summed E-state index contributed by atoms with van der Waals surface area (Å²) in [7, 11) is 0. The third-order valence-corrected chi connectivity index (χ3v) is 3.55. The van der Waals surface area contributed by atoms with Crippen molar-refractivity contribution in [3.05, 3.63) is 23.3 Å². The van der Waals surface area contributed by atoms with Crippen LogP contribution < -0.4 is 0 Å². The van der Waals surface area contributed by atoms with Gasteiger partial charge in [-0.05, 0) is 44.9 Å². The van der Waals surface area contributed by atoms with E-state index in [0.29, 0.717) is 0 Å². The van der Waals surface area contributed by atoms with Gasteiger partial charge in [-0.25, -0.2) is 0 Å². The van der Waals surface area contributed by atoms with Crippen molar-refractivity contribution in [3.63, 3.8) is 0 Å². The van der Waals surface area contributed by atoms with E-state index >= 15 is 0 Å². The minimum Gasteiger partial charge on any atom is -0.0815 e. The third-order valence-electron chi connectivity index (χ3n) is 3.55. The molecule has 0 aromatic carbocycles. The highest BCUT2D eigenvalue weighted by atomic mass is 14.2. The molecule has 2 rings (SSSR count). The molecule has 0 saturated heterocycles. The summed E-state index contributed by atoms with van der Waals surface area (Å²) in [5, 5.41) is 0. The molecule has 2 aliphatic rings. The number of hydrogen-bond acceptors (Lipinski definition) is 0. The molecular formula is C13H20. The third kappa shape index (κ3) is 2.24. The van der Waals surface area contributed by atoms with Gasteiger partial charge in [0.1, 0.15) is 0 Å². The van der Waals surface area contributed by atoms with Crippen molar-refractivity contribution in [2.24, 2.45) is 5.92 Å². The van der Waals surface area contributed by atoms with Gasteiger partial charge in [-0.3, -0.25) is 0 Å². The molecule has 2 bridgehead atoms.